The Labute approximate surface area is 114 Å². The van der Waals surface area contributed by atoms with E-state index in [-0.39, 0.29) is 12.7 Å². The van der Waals surface area contributed by atoms with Gasteiger partial charge in [0.2, 0.25) is 0 Å². The molecule has 0 saturated carbocycles. The molecule has 0 N–H and O–H groups in total. The minimum Gasteiger partial charge on any atom is -0.435 e. The fourth-order valence-corrected chi connectivity index (χ4v) is 1.78. The van der Waals surface area contributed by atoms with Crippen LogP contribution in [-0.4, -0.2) is 26.0 Å². The molecular formula is C15H22O4. The van der Waals surface area contributed by atoms with Gasteiger partial charge in [0.05, 0.1) is 19.3 Å². The second kappa shape index (κ2) is 8.53. The number of benzene rings is 1. The zero-order chi connectivity index (χ0) is 14.1. The maximum absolute atomic E-state index is 11.0. The molecule has 19 heavy (non-hydrogen) atoms. The smallest absolute Gasteiger partial charge is 0.435 e. The van der Waals surface area contributed by atoms with Crippen LogP contribution in [0.5, 0.6) is 0 Å². The zero-order valence-electron chi connectivity index (χ0n) is 11.8. The van der Waals surface area contributed by atoms with Crippen molar-refractivity contribution in [2.24, 2.45) is 5.92 Å². The SMILES string of the molecule is CCOC(=O)OCCOC(c1ccccc1)C(C)C. The van der Waals surface area contributed by atoms with Gasteiger partial charge in [-0.15, -0.1) is 0 Å². The van der Waals surface area contributed by atoms with Gasteiger partial charge in [0.1, 0.15) is 6.61 Å². The van der Waals surface area contributed by atoms with Crippen molar-refractivity contribution in [3.63, 3.8) is 0 Å². The summed E-state index contributed by atoms with van der Waals surface area (Å²) in [5.74, 6) is 0.352. The third-order valence-corrected chi connectivity index (χ3v) is 2.60. The first kappa shape index (κ1) is 15.5. The molecule has 0 spiro atoms. The first-order valence-corrected chi connectivity index (χ1v) is 6.61. The van der Waals surface area contributed by atoms with Crippen LogP contribution in [0.1, 0.15) is 32.4 Å². The van der Waals surface area contributed by atoms with Crippen molar-refractivity contribution in [3.8, 4) is 0 Å². The lowest BCUT2D eigenvalue weighted by Crippen LogP contribution is -2.16. The summed E-state index contributed by atoms with van der Waals surface area (Å²) < 4.78 is 15.3. The van der Waals surface area contributed by atoms with E-state index in [9.17, 15) is 4.79 Å². The summed E-state index contributed by atoms with van der Waals surface area (Å²) in [5.41, 5.74) is 1.13. The lowest BCUT2D eigenvalue weighted by atomic mass is 9.99. The van der Waals surface area contributed by atoms with Crippen molar-refractivity contribution < 1.29 is 19.0 Å². The van der Waals surface area contributed by atoms with E-state index < -0.39 is 6.16 Å². The Morgan fingerprint density at radius 1 is 1.11 bits per heavy atom. The Morgan fingerprint density at radius 2 is 1.79 bits per heavy atom. The normalized spacial score (nSPS) is 12.2. The molecule has 0 fully saturated rings. The third kappa shape index (κ3) is 5.75. The van der Waals surface area contributed by atoms with E-state index in [4.69, 9.17) is 9.47 Å². The fraction of sp³-hybridized carbons (Fsp3) is 0.533. The van der Waals surface area contributed by atoms with Crippen LogP contribution in [0.15, 0.2) is 30.3 Å². The number of hydrogen-bond acceptors (Lipinski definition) is 4. The lowest BCUT2D eigenvalue weighted by molar-refractivity contribution is -0.0156. The van der Waals surface area contributed by atoms with Gasteiger partial charge in [-0.3, -0.25) is 0 Å². The van der Waals surface area contributed by atoms with Gasteiger partial charge in [-0.25, -0.2) is 4.79 Å². The average molecular weight is 266 g/mol. The molecule has 0 saturated heterocycles. The Kier molecular flexibility index (Phi) is 6.97. The molecule has 106 valence electrons. The molecule has 1 rings (SSSR count). The molecule has 0 bridgehead atoms. The summed E-state index contributed by atoms with van der Waals surface area (Å²) in [6.45, 7) is 6.82. The molecule has 0 aliphatic rings. The summed E-state index contributed by atoms with van der Waals surface area (Å²) in [6.07, 6.45) is -0.640. The topological polar surface area (TPSA) is 44.8 Å². The number of carbonyl (C=O) groups excluding carboxylic acids is 1. The van der Waals surface area contributed by atoms with E-state index in [1.165, 1.54) is 0 Å². The highest BCUT2D eigenvalue weighted by Gasteiger charge is 2.16. The van der Waals surface area contributed by atoms with Gasteiger partial charge in [0, 0.05) is 0 Å². The lowest BCUT2D eigenvalue weighted by Gasteiger charge is -2.21. The Bertz CT molecular complexity index is 362. The molecule has 4 nitrogen and oxygen atoms in total. The molecule has 1 unspecified atom stereocenters. The predicted molar refractivity (Wildman–Crippen MR) is 72.9 cm³/mol. The van der Waals surface area contributed by atoms with Crippen molar-refractivity contribution in [1.29, 1.82) is 0 Å². The second-order valence-electron chi connectivity index (χ2n) is 4.48. The fourth-order valence-electron chi connectivity index (χ4n) is 1.78. The van der Waals surface area contributed by atoms with E-state index in [2.05, 4.69) is 18.6 Å². The quantitative estimate of drug-likeness (QED) is 0.559. The number of rotatable bonds is 7. The minimum atomic E-state index is -0.646. The highest BCUT2D eigenvalue weighted by molar-refractivity contribution is 5.59. The largest absolute Gasteiger partial charge is 0.508 e. The van der Waals surface area contributed by atoms with Crippen molar-refractivity contribution >= 4 is 6.16 Å². The molecule has 1 aromatic carbocycles. The summed E-state index contributed by atoms with van der Waals surface area (Å²) in [7, 11) is 0. The van der Waals surface area contributed by atoms with Crippen molar-refractivity contribution in [2.45, 2.75) is 26.9 Å². The van der Waals surface area contributed by atoms with Crippen LogP contribution in [0.2, 0.25) is 0 Å². The zero-order valence-corrected chi connectivity index (χ0v) is 11.8. The van der Waals surface area contributed by atoms with E-state index in [0.717, 1.165) is 5.56 Å². The van der Waals surface area contributed by atoms with Crippen LogP contribution in [0.3, 0.4) is 0 Å². The predicted octanol–water partition coefficient (Wildman–Crippen LogP) is 3.57. The summed E-state index contributed by atoms with van der Waals surface area (Å²) in [4.78, 5) is 11.0. The van der Waals surface area contributed by atoms with Crippen LogP contribution < -0.4 is 0 Å². The van der Waals surface area contributed by atoms with Crippen LogP contribution >= 0.6 is 0 Å². The van der Waals surface area contributed by atoms with Gasteiger partial charge in [0.25, 0.3) is 0 Å². The molecule has 0 aromatic heterocycles. The van der Waals surface area contributed by atoms with Crippen LogP contribution in [0, 0.1) is 5.92 Å². The van der Waals surface area contributed by atoms with Crippen molar-refractivity contribution in [3.05, 3.63) is 35.9 Å². The van der Waals surface area contributed by atoms with Gasteiger partial charge in [-0.1, -0.05) is 44.2 Å². The van der Waals surface area contributed by atoms with Gasteiger partial charge in [-0.05, 0) is 18.4 Å². The van der Waals surface area contributed by atoms with Crippen LogP contribution in [0.25, 0.3) is 0 Å². The second-order valence-corrected chi connectivity index (χ2v) is 4.48. The first-order valence-electron chi connectivity index (χ1n) is 6.61. The van der Waals surface area contributed by atoms with Gasteiger partial charge in [-0.2, -0.15) is 0 Å². The van der Waals surface area contributed by atoms with Crippen molar-refractivity contribution in [2.75, 3.05) is 19.8 Å². The van der Waals surface area contributed by atoms with Gasteiger partial charge >= 0.3 is 6.16 Å². The highest BCUT2D eigenvalue weighted by atomic mass is 16.7. The first-order chi connectivity index (χ1) is 9.15. The standard InChI is InChI=1S/C15H22O4/c1-4-17-15(16)19-11-10-18-14(12(2)3)13-8-6-5-7-9-13/h5-9,12,14H,4,10-11H2,1-3H3. The average Bonchev–Trinajstić information content (AvgIpc) is 2.39. The Morgan fingerprint density at radius 3 is 2.37 bits per heavy atom. The maximum atomic E-state index is 11.0. The summed E-state index contributed by atoms with van der Waals surface area (Å²) in [5, 5.41) is 0. The summed E-state index contributed by atoms with van der Waals surface area (Å²) >= 11 is 0. The van der Waals surface area contributed by atoms with E-state index in [1.54, 1.807) is 6.92 Å². The molecule has 0 aliphatic carbocycles. The molecule has 4 heteroatoms. The molecule has 0 radical (unpaired) electrons. The van der Waals surface area contributed by atoms with Gasteiger partial charge in [0.15, 0.2) is 0 Å². The number of hydrogen-bond donors (Lipinski definition) is 0. The molecule has 1 aromatic rings. The van der Waals surface area contributed by atoms with E-state index >= 15 is 0 Å². The molecule has 0 aliphatic heterocycles. The minimum absolute atomic E-state index is 0.00648. The van der Waals surface area contributed by atoms with E-state index in [1.807, 2.05) is 30.3 Å². The Hall–Kier alpha value is -1.55. The number of ether oxygens (including phenoxy) is 3. The van der Waals surface area contributed by atoms with E-state index in [0.29, 0.717) is 19.1 Å². The van der Waals surface area contributed by atoms with Crippen LogP contribution in [0.4, 0.5) is 4.79 Å². The molecule has 1 atom stereocenters. The third-order valence-electron chi connectivity index (χ3n) is 2.60. The molecular weight excluding hydrogens is 244 g/mol. The van der Waals surface area contributed by atoms with Crippen LogP contribution in [-0.2, 0) is 14.2 Å². The van der Waals surface area contributed by atoms with Crippen molar-refractivity contribution in [1.82, 2.24) is 0 Å². The molecule has 0 amide bonds. The summed E-state index contributed by atoms with van der Waals surface area (Å²) in [6, 6.07) is 10.0. The monoisotopic (exact) mass is 266 g/mol. The molecule has 0 heterocycles. The highest BCUT2D eigenvalue weighted by Crippen LogP contribution is 2.25. The Balaban J connectivity index is 2.38. The van der Waals surface area contributed by atoms with Gasteiger partial charge < -0.3 is 14.2 Å². The maximum Gasteiger partial charge on any atom is 0.508 e. The number of carbonyl (C=O) groups is 1.